The number of piperazine rings is 1. The molecule has 0 aliphatic carbocycles. The number of hydrogen-bond acceptors (Lipinski definition) is 5. The van der Waals surface area contributed by atoms with Crippen LogP contribution in [0.3, 0.4) is 0 Å². The molecule has 1 saturated heterocycles. The Hall–Kier alpha value is -4.10. The van der Waals surface area contributed by atoms with Crippen LogP contribution in [0.2, 0.25) is 0 Å². The fraction of sp³-hybridized carbons (Fsp3) is 0.217. The largest absolute Gasteiger partial charge is 0.416 e. The maximum atomic E-state index is 14.2. The molecule has 0 bridgehead atoms. The molecule has 1 fully saturated rings. The molecule has 2 aromatic carbocycles. The second-order valence-electron chi connectivity index (χ2n) is 8.37. The van der Waals surface area contributed by atoms with Crippen LogP contribution >= 0.6 is 0 Å². The Morgan fingerprint density at radius 3 is 2.00 bits per heavy atom. The van der Waals surface area contributed by atoms with Crippen molar-refractivity contribution in [3.63, 3.8) is 0 Å². The van der Waals surface area contributed by atoms with E-state index in [2.05, 4.69) is 15.0 Å². The van der Waals surface area contributed by atoms with Crippen molar-refractivity contribution in [1.82, 2.24) is 15.0 Å². The number of fused-ring (bicyclic) bond motifs is 1. The Morgan fingerprint density at radius 1 is 0.757 bits per heavy atom. The number of nitrogens with zero attached hydrogens (tertiary/aromatic N) is 4. The summed E-state index contributed by atoms with van der Waals surface area (Å²) < 4.78 is 110. The van der Waals surface area contributed by atoms with Crippen LogP contribution in [-0.2, 0) is 6.18 Å². The van der Waals surface area contributed by atoms with Gasteiger partial charge in [-0.15, -0.1) is 0 Å². The van der Waals surface area contributed by atoms with Gasteiger partial charge in [0.05, 0.1) is 16.6 Å². The van der Waals surface area contributed by atoms with Crippen LogP contribution in [0, 0.1) is 29.1 Å². The van der Waals surface area contributed by atoms with Crippen molar-refractivity contribution in [1.29, 1.82) is 0 Å². The molecular formula is C23H16F8N6. The lowest BCUT2D eigenvalue weighted by molar-refractivity contribution is -0.137. The number of halogens is 8. The van der Waals surface area contributed by atoms with Gasteiger partial charge in [-0.2, -0.15) is 13.2 Å². The van der Waals surface area contributed by atoms with Gasteiger partial charge >= 0.3 is 6.18 Å². The highest BCUT2D eigenvalue weighted by atomic mass is 19.4. The van der Waals surface area contributed by atoms with Crippen molar-refractivity contribution in [3.8, 4) is 11.1 Å². The lowest BCUT2D eigenvalue weighted by Crippen LogP contribution is -2.47. The minimum absolute atomic E-state index is 0.0187. The second-order valence-corrected chi connectivity index (χ2v) is 8.37. The number of pyridine rings is 1. The van der Waals surface area contributed by atoms with Crippen LogP contribution in [0.4, 0.5) is 52.7 Å². The van der Waals surface area contributed by atoms with Crippen LogP contribution in [-0.4, -0.2) is 41.1 Å². The quantitative estimate of drug-likeness (QED) is 0.281. The van der Waals surface area contributed by atoms with E-state index in [9.17, 15) is 35.1 Å². The second kappa shape index (κ2) is 8.78. The van der Waals surface area contributed by atoms with Gasteiger partial charge in [0, 0.05) is 37.8 Å². The number of H-pyrrole nitrogens is 1. The van der Waals surface area contributed by atoms with Gasteiger partial charge in [-0.05, 0) is 29.8 Å². The molecular weight excluding hydrogens is 512 g/mol. The monoisotopic (exact) mass is 528 g/mol. The maximum absolute atomic E-state index is 14.2. The van der Waals surface area contributed by atoms with Crippen molar-refractivity contribution in [2.75, 3.05) is 41.7 Å². The molecule has 0 atom stereocenters. The minimum atomic E-state index is -4.79. The summed E-state index contributed by atoms with van der Waals surface area (Å²) in [6, 6.07) is 3.31. The molecule has 6 nitrogen and oxygen atoms in total. The van der Waals surface area contributed by atoms with Crippen molar-refractivity contribution >= 4 is 28.6 Å². The van der Waals surface area contributed by atoms with E-state index < -0.39 is 46.6 Å². The number of rotatable bonds is 3. The first-order valence-electron chi connectivity index (χ1n) is 10.8. The van der Waals surface area contributed by atoms with E-state index in [1.807, 2.05) is 0 Å². The maximum Gasteiger partial charge on any atom is 0.416 e. The fourth-order valence-corrected chi connectivity index (χ4v) is 4.17. The number of imidazole rings is 1. The first-order chi connectivity index (χ1) is 17.4. The number of benzene rings is 2. The van der Waals surface area contributed by atoms with Gasteiger partial charge in [0.1, 0.15) is 0 Å². The topological polar surface area (TPSA) is 74.1 Å². The van der Waals surface area contributed by atoms with Gasteiger partial charge in [0.15, 0.2) is 40.7 Å². The molecule has 5 rings (SSSR count). The van der Waals surface area contributed by atoms with E-state index in [1.165, 1.54) is 4.90 Å². The molecule has 1 aliphatic rings. The predicted molar refractivity (Wildman–Crippen MR) is 119 cm³/mol. The fourth-order valence-electron chi connectivity index (χ4n) is 4.17. The number of nitrogens with two attached hydrogens (primary N) is 1. The van der Waals surface area contributed by atoms with E-state index in [0.717, 1.165) is 6.07 Å². The van der Waals surface area contributed by atoms with Gasteiger partial charge in [-0.1, -0.05) is 0 Å². The average Bonchev–Trinajstić information content (AvgIpc) is 3.28. The normalized spacial score (nSPS) is 14.6. The third-order valence-electron chi connectivity index (χ3n) is 6.01. The van der Waals surface area contributed by atoms with Crippen molar-refractivity contribution in [3.05, 3.63) is 65.0 Å². The summed E-state index contributed by atoms with van der Waals surface area (Å²) >= 11 is 0. The number of hydrogen-bond donors (Lipinski definition) is 2. The highest BCUT2D eigenvalue weighted by Gasteiger charge is 2.33. The van der Waals surface area contributed by atoms with Gasteiger partial charge in [0.2, 0.25) is 5.95 Å². The first-order valence-corrected chi connectivity index (χ1v) is 10.8. The van der Waals surface area contributed by atoms with E-state index in [-0.39, 0.29) is 60.1 Å². The van der Waals surface area contributed by atoms with Crippen molar-refractivity contribution < 1.29 is 35.1 Å². The summed E-state index contributed by atoms with van der Waals surface area (Å²) in [5, 5.41) is 0. The van der Waals surface area contributed by atoms with Gasteiger partial charge < -0.3 is 20.5 Å². The SMILES string of the molecule is Nc1nc(N2CCN(c3nc4c(-c5cc(F)c(F)c(F)c5)cc(C(F)(F)F)cc4[nH]3)CC2)c(F)cc1F. The third kappa shape index (κ3) is 4.47. The van der Waals surface area contributed by atoms with Crippen LogP contribution in [0.5, 0.6) is 0 Å². The summed E-state index contributed by atoms with van der Waals surface area (Å²) in [4.78, 5) is 14.1. The Labute approximate surface area is 203 Å². The Balaban J connectivity index is 1.50. The number of aromatic amines is 1. The Kier molecular flexibility index (Phi) is 5.83. The molecule has 0 amide bonds. The molecule has 194 valence electrons. The lowest BCUT2D eigenvalue weighted by Gasteiger charge is -2.35. The number of nitrogen functional groups attached to an aromatic ring is 1. The zero-order valence-corrected chi connectivity index (χ0v) is 18.6. The average molecular weight is 528 g/mol. The molecule has 3 heterocycles. The lowest BCUT2D eigenvalue weighted by atomic mass is 10.0. The van der Waals surface area contributed by atoms with Crippen molar-refractivity contribution in [2.45, 2.75) is 6.18 Å². The zero-order valence-electron chi connectivity index (χ0n) is 18.6. The highest BCUT2D eigenvalue weighted by Crippen LogP contribution is 2.38. The Bertz CT molecular complexity index is 1480. The molecule has 4 aromatic rings. The number of nitrogens with one attached hydrogen (secondary N) is 1. The summed E-state index contributed by atoms with van der Waals surface area (Å²) in [5.41, 5.74) is 3.67. The third-order valence-corrected chi connectivity index (χ3v) is 6.01. The van der Waals surface area contributed by atoms with Crippen LogP contribution in [0.1, 0.15) is 5.56 Å². The van der Waals surface area contributed by atoms with Gasteiger partial charge in [0.25, 0.3) is 0 Å². The van der Waals surface area contributed by atoms with Gasteiger partial charge in [-0.3, -0.25) is 0 Å². The summed E-state index contributed by atoms with van der Waals surface area (Å²) in [7, 11) is 0. The van der Waals surface area contributed by atoms with Gasteiger partial charge in [-0.25, -0.2) is 31.9 Å². The van der Waals surface area contributed by atoms with Crippen LogP contribution < -0.4 is 15.5 Å². The molecule has 3 N–H and O–H groups in total. The van der Waals surface area contributed by atoms with E-state index in [1.54, 1.807) is 4.90 Å². The summed E-state index contributed by atoms with van der Waals surface area (Å²) in [5.74, 6) is -7.20. The minimum Gasteiger partial charge on any atom is -0.381 e. The standard InChI is InChI=1S/C23H16F8N6/c24-13-5-10(6-14(25)18(13)28)12-7-11(23(29,30)31)8-17-19(12)34-22(33-17)37-3-1-36(2-4-37)21-16(27)9-15(26)20(32)35-21/h5-9H,1-4H2,(H2,32,35)(H,33,34). The summed E-state index contributed by atoms with van der Waals surface area (Å²) in [6.45, 7) is 0.834. The molecule has 37 heavy (non-hydrogen) atoms. The molecule has 2 aromatic heterocycles. The molecule has 1 aliphatic heterocycles. The predicted octanol–water partition coefficient (Wildman–Crippen LogP) is 5.25. The smallest absolute Gasteiger partial charge is 0.381 e. The Morgan fingerprint density at radius 2 is 1.38 bits per heavy atom. The van der Waals surface area contributed by atoms with E-state index in [4.69, 9.17) is 5.73 Å². The van der Waals surface area contributed by atoms with E-state index >= 15 is 0 Å². The molecule has 0 unspecified atom stereocenters. The molecule has 0 radical (unpaired) electrons. The highest BCUT2D eigenvalue weighted by molar-refractivity contribution is 5.94. The van der Waals surface area contributed by atoms with E-state index in [0.29, 0.717) is 24.3 Å². The van der Waals surface area contributed by atoms with Crippen LogP contribution in [0.15, 0.2) is 30.3 Å². The molecule has 0 saturated carbocycles. The number of aromatic nitrogens is 3. The molecule has 0 spiro atoms. The zero-order chi connectivity index (χ0) is 26.6. The van der Waals surface area contributed by atoms with Crippen LogP contribution in [0.25, 0.3) is 22.2 Å². The number of anilines is 3. The summed E-state index contributed by atoms with van der Waals surface area (Å²) in [6.07, 6.45) is -4.79. The number of alkyl halides is 3. The molecule has 14 heteroatoms. The first kappa shape index (κ1) is 24.6. The van der Waals surface area contributed by atoms with Crippen molar-refractivity contribution in [2.24, 2.45) is 0 Å².